The minimum atomic E-state index is 0.566. The minimum Gasteiger partial charge on any atom is -0.492 e. The predicted octanol–water partition coefficient (Wildman–Crippen LogP) is 4.89. The fraction of sp³-hybridized carbons (Fsp3) is 0.684. The number of ether oxygens (including phenoxy) is 1. The third-order valence-corrected chi connectivity index (χ3v) is 4.71. The highest BCUT2D eigenvalue weighted by atomic mass is 16.5. The first-order chi connectivity index (χ1) is 10.3. The van der Waals surface area contributed by atoms with Crippen molar-refractivity contribution in [1.29, 1.82) is 0 Å². The summed E-state index contributed by atoms with van der Waals surface area (Å²) in [4.78, 5) is 0. The molecule has 0 amide bonds. The summed E-state index contributed by atoms with van der Waals surface area (Å²) < 4.78 is 6.02. The van der Waals surface area contributed by atoms with Crippen LogP contribution in [0, 0.1) is 0 Å². The normalized spacial score (nSPS) is 18.2. The molecule has 0 heterocycles. The Morgan fingerprint density at radius 1 is 1.14 bits per heavy atom. The second kappa shape index (κ2) is 9.09. The van der Waals surface area contributed by atoms with Gasteiger partial charge in [0, 0.05) is 12.6 Å². The fourth-order valence-corrected chi connectivity index (χ4v) is 3.15. The average molecular weight is 289 g/mol. The molecule has 1 atom stereocenters. The predicted molar refractivity (Wildman–Crippen MR) is 90.1 cm³/mol. The Hall–Kier alpha value is -1.02. The van der Waals surface area contributed by atoms with Gasteiger partial charge in [-0.1, -0.05) is 57.7 Å². The SMILES string of the molecule is CCC(C)c1ccccc1OCCNC1CCCCCC1. The maximum atomic E-state index is 6.02. The minimum absolute atomic E-state index is 0.566. The van der Waals surface area contributed by atoms with Crippen LogP contribution in [0.5, 0.6) is 5.75 Å². The van der Waals surface area contributed by atoms with E-state index < -0.39 is 0 Å². The van der Waals surface area contributed by atoms with Crippen molar-refractivity contribution in [2.45, 2.75) is 70.8 Å². The van der Waals surface area contributed by atoms with E-state index in [0.717, 1.165) is 25.3 Å². The summed E-state index contributed by atoms with van der Waals surface area (Å²) in [5.41, 5.74) is 1.34. The molecular weight excluding hydrogens is 258 g/mol. The molecule has 1 aliphatic rings. The molecule has 1 aromatic rings. The lowest BCUT2D eigenvalue weighted by molar-refractivity contribution is 0.296. The van der Waals surface area contributed by atoms with Crippen molar-refractivity contribution in [3.05, 3.63) is 29.8 Å². The third-order valence-electron chi connectivity index (χ3n) is 4.71. The zero-order valence-electron chi connectivity index (χ0n) is 13.7. The number of benzene rings is 1. The molecule has 0 radical (unpaired) electrons. The van der Waals surface area contributed by atoms with Gasteiger partial charge in [0.2, 0.25) is 0 Å². The zero-order valence-corrected chi connectivity index (χ0v) is 13.7. The summed E-state index contributed by atoms with van der Waals surface area (Å²) in [7, 11) is 0. The van der Waals surface area contributed by atoms with Gasteiger partial charge in [-0.2, -0.15) is 0 Å². The number of nitrogens with one attached hydrogen (secondary N) is 1. The van der Waals surface area contributed by atoms with Crippen LogP contribution in [-0.4, -0.2) is 19.2 Å². The highest BCUT2D eigenvalue weighted by molar-refractivity contribution is 5.35. The van der Waals surface area contributed by atoms with Gasteiger partial charge in [0.1, 0.15) is 12.4 Å². The summed E-state index contributed by atoms with van der Waals surface area (Å²) in [5, 5.41) is 3.67. The van der Waals surface area contributed by atoms with Crippen molar-refractivity contribution >= 4 is 0 Å². The van der Waals surface area contributed by atoms with E-state index in [1.54, 1.807) is 0 Å². The van der Waals surface area contributed by atoms with Crippen LogP contribution in [0.3, 0.4) is 0 Å². The van der Waals surface area contributed by atoms with E-state index in [4.69, 9.17) is 4.74 Å². The van der Waals surface area contributed by atoms with Gasteiger partial charge in [0.05, 0.1) is 0 Å². The molecule has 1 aliphatic carbocycles. The van der Waals surface area contributed by atoms with Crippen LogP contribution in [0.1, 0.15) is 70.3 Å². The van der Waals surface area contributed by atoms with E-state index in [-0.39, 0.29) is 0 Å². The Labute approximate surface area is 130 Å². The molecule has 2 nitrogen and oxygen atoms in total. The van der Waals surface area contributed by atoms with Crippen molar-refractivity contribution < 1.29 is 4.74 Å². The van der Waals surface area contributed by atoms with Crippen LogP contribution >= 0.6 is 0 Å². The van der Waals surface area contributed by atoms with Crippen molar-refractivity contribution in [3.63, 3.8) is 0 Å². The van der Waals surface area contributed by atoms with Crippen molar-refractivity contribution in [2.24, 2.45) is 0 Å². The second-order valence-corrected chi connectivity index (χ2v) is 6.34. The van der Waals surface area contributed by atoms with E-state index >= 15 is 0 Å². The smallest absolute Gasteiger partial charge is 0.122 e. The Kier molecular flexibility index (Phi) is 7.08. The van der Waals surface area contributed by atoms with Crippen LogP contribution < -0.4 is 10.1 Å². The number of hydrogen-bond acceptors (Lipinski definition) is 2. The standard InChI is InChI=1S/C19H31NO/c1-3-16(2)18-12-8-9-13-19(18)21-15-14-20-17-10-6-4-5-7-11-17/h8-9,12-13,16-17,20H,3-7,10-11,14-15H2,1-2H3. The molecule has 1 N–H and O–H groups in total. The lowest BCUT2D eigenvalue weighted by atomic mass is 9.98. The van der Waals surface area contributed by atoms with E-state index in [1.807, 2.05) is 0 Å². The molecule has 0 bridgehead atoms. The third kappa shape index (κ3) is 5.35. The Bertz CT molecular complexity index is 396. The Morgan fingerprint density at radius 2 is 1.86 bits per heavy atom. The van der Waals surface area contributed by atoms with Gasteiger partial charge in [-0.05, 0) is 36.8 Å². The first-order valence-electron chi connectivity index (χ1n) is 8.76. The van der Waals surface area contributed by atoms with Gasteiger partial charge >= 0.3 is 0 Å². The van der Waals surface area contributed by atoms with Crippen LogP contribution in [0.4, 0.5) is 0 Å². The lowest BCUT2D eigenvalue weighted by Gasteiger charge is -2.18. The van der Waals surface area contributed by atoms with Gasteiger partial charge in [-0.15, -0.1) is 0 Å². The maximum absolute atomic E-state index is 6.02. The molecule has 1 fully saturated rings. The summed E-state index contributed by atoms with van der Waals surface area (Å²) in [6.07, 6.45) is 9.42. The first kappa shape index (κ1) is 16.4. The summed E-state index contributed by atoms with van der Waals surface area (Å²) >= 11 is 0. The quantitative estimate of drug-likeness (QED) is 0.570. The van der Waals surface area contributed by atoms with E-state index in [2.05, 4.69) is 43.4 Å². The molecular formula is C19H31NO. The van der Waals surface area contributed by atoms with Crippen LogP contribution in [0.15, 0.2) is 24.3 Å². The maximum Gasteiger partial charge on any atom is 0.122 e. The molecule has 2 rings (SSSR count). The second-order valence-electron chi connectivity index (χ2n) is 6.34. The molecule has 1 saturated carbocycles. The zero-order chi connectivity index (χ0) is 14.9. The van der Waals surface area contributed by atoms with Crippen molar-refractivity contribution in [2.75, 3.05) is 13.2 Å². The van der Waals surface area contributed by atoms with E-state index in [1.165, 1.54) is 44.1 Å². The van der Waals surface area contributed by atoms with Crippen LogP contribution in [-0.2, 0) is 0 Å². The molecule has 118 valence electrons. The van der Waals surface area contributed by atoms with Gasteiger partial charge in [-0.25, -0.2) is 0 Å². The van der Waals surface area contributed by atoms with Crippen LogP contribution in [0.25, 0.3) is 0 Å². The first-order valence-corrected chi connectivity index (χ1v) is 8.76. The van der Waals surface area contributed by atoms with Gasteiger partial charge in [0.25, 0.3) is 0 Å². The van der Waals surface area contributed by atoms with Gasteiger partial charge < -0.3 is 10.1 Å². The molecule has 0 spiro atoms. The molecule has 0 aliphatic heterocycles. The molecule has 1 unspecified atom stereocenters. The largest absolute Gasteiger partial charge is 0.492 e. The number of para-hydroxylation sites is 1. The topological polar surface area (TPSA) is 21.3 Å². The summed E-state index contributed by atoms with van der Waals surface area (Å²) in [5.74, 6) is 1.63. The van der Waals surface area contributed by atoms with Crippen molar-refractivity contribution in [1.82, 2.24) is 5.32 Å². The van der Waals surface area contributed by atoms with E-state index in [9.17, 15) is 0 Å². The Balaban J connectivity index is 1.75. The highest BCUT2D eigenvalue weighted by Crippen LogP contribution is 2.28. The van der Waals surface area contributed by atoms with Crippen molar-refractivity contribution in [3.8, 4) is 5.75 Å². The number of hydrogen-bond donors (Lipinski definition) is 1. The molecule has 0 aromatic heterocycles. The molecule has 21 heavy (non-hydrogen) atoms. The fourth-order valence-electron chi connectivity index (χ4n) is 3.15. The van der Waals surface area contributed by atoms with Crippen LogP contribution in [0.2, 0.25) is 0 Å². The van der Waals surface area contributed by atoms with Gasteiger partial charge in [0.15, 0.2) is 0 Å². The number of rotatable bonds is 7. The average Bonchev–Trinajstić information content (AvgIpc) is 2.80. The highest BCUT2D eigenvalue weighted by Gasteiger charge is 2.12. The summed E-state index contributed by atoms with van der Waals surface area (Å²) in [6, 6.07) is 9.19. The van der Waals surface area contributed by atoms with E-state index in [0.29, 0.717) is 12.0 Å². The molecule has 0 saturated heterocycles. The molecule has 1 aromatic carbocycles. The van der Waals surface area contributed by atoms with Gasteiger partial charge in [-0.3, -0.25) is 0 Å². The lowest BCUT2D eigenvalue weighted by Crippen LogP contribution is -2.32. The monoisotopic (exact) mass is 289 g/mol. The Morgan fingerprint density at radius 3 is 2.57 bits per heavy atom. The summed E-state index contributed by atoms with van der Waals surface area (Å²) in [6.45, 7) is 6.23. The molecule has 2 heteroatoms.